The minimum absolute atomic E-state index is 0.294. The number of methoxy groups -OCH3 is 1. The number of nitrogens with zero attached hydrogens (tertiary/aromatic N) is 3. The first-order valence-electron chi connectivity index (χ1n) is 10.3. The summed E-state index contributed by atoms with van der Waals surface area (Å²) in [4.78, 5) is 4.86. The second kappa shape index (κ2) is 8.80. The number of aromatic nitrogens is 3. The van der Waals surface area contributed by atoms with Crippen LogP contribution in [-0.4, -0.2) is 46.9 Å². The molecule has 1 aliphatic rings. The van der Waals surface area contributed by atoms with E-state index in [9.17, 15) is 0 Å². The molecule has 3 heterocycles. The van der Waals surface area contributed by atoms with E-state index < -0.39 is 0 Å². The Morgan fingerprint density at radius 3 is 2.79 bits per heavy atom. The lowest BCUT2D eigenvalue weighted by atomic mass is 10.1. The molecule has 0 amide bonds. The highest BCUT2D eigenvalue weighted by molar-refractivity contribution is 5.61. The van der Waals surface area contributed by atoms with Gasteiger partial charge in [0.25, 0.3) is 0 Å². The highest BCUT2D eigenvalue weighted by atomic mass is 16.5. The van der Waals surface area contributed by atoms with Gasteiger partial charge in [0.05, 0.1) is 12.3 Å². The average Bonchev–Trinajstić information content (AvgIpc) is 3.38. The van der Waals surface area contributed by atoms with Crippen LogP contribution in [0.15, 0.2) is 42.6 Å². The number of hydrogen-bond donors (Lipinski definition) is 3. The Bertz CT molecular complexity index is 939. The van der Waals surface area contributed by atoms with Gasteiger partial charge in [-0.25, -0.2) is 4.98 Å². The van der Waals surface area contributed by atoms with Crippen LogP contribution in [0.4, 0.5) is 11.6 Å². The van der Waals surface area contributed by atoms with Crippen molar-refractivity contribution in [3.8, 4) is 0 Å². The Morgan fingerprint density at radius 2 is 2.07 bits per heavy atom. The van der Waals surface area contributed by atoms with E-state index in [1.807, 2.05) is 22.8 Å². The third kappa shape index (κ3) is 4.52. The Hall–Kier alpha value is -2.64. The molecule has 4 rings (SSSR count). The Kier molecular flexibility index (Phi) is 5.97. The summed E-state index contributed by atoms with van der Waals surface area (Å²) in [6.07, 6.45) is 3.23. The van der Waals surface area contributed by atoms with Gasteiger partial charge in [0.15, 0.2) is 5.65 Å². The number of ether oxygens (including phenoxy) is 1. The lowest BCUT2D eigenvalue weighted by Crippen LogP contribution is -2.29. The fourth-order valence-electron chi connectivity index (χ4n) is 3.74. The van der Waals surface area contributed by atoms with Gasteiger partial charge in [-0.05, 0) is 17.9 Å². The van der Waals surface area contributed by atoms with Gasteiger partial charge < -0.3 is 20.7 Å². The summed E-state index contributed by atoms with van der Waals surface area (Å²) < 4.78 is 7.35. The van der Waals surface area contributed by atoms with Crippen molar-refractivity contribution in [2.45, 2.75) is 44.9 Å². The molecule has 1 saturated heterocycles. The maximum Gasteiger partial charge on any atom is 0.163 e. The van der Waals surface area contributed by atoms with Gasteiger partial charge in [-0.2, -0.15) is 9.61 Å². The largest absolute Gasteiger partial charge is 0.380 e. The number of benzene rings is 1. The Morgan fingerprint density at radius 1 is 1.24 bits per heavy atom. The number of anilines is 2. The van der Waals surface area contributed by atoms with Gasteiger partial charge in [-0.1, -0.05) is 44.2 Å². The normalized spacial score (nSPS) is 19.2. The molecule has 2 aromatic heterocycles. The minimum Gasteiger partial charge on any atom is -0.380 e. The highest BCUT2D eigenvalue weighted by Gasteiger charge is 2.23. The van der Waals surface area contributed by atoms with Crippen molar-refractivity contribution in [2.24, 2.45) is 0 Å². The molecule has 0 spiro atoms. The predicted octanol–water partition coefficient (Wildman–Crippen LogP) is 3.25. The summed E-state index contributed by atoms with van der Waals surface area (Å²) in [5, 5.41) is 15.1. The molecule has 0 bridgehead atoms. The van der Waals surface area contributed by atoms with Gasteiger partial charge in [-0.15, -0.1) is 0 Å². The topological polar surface area (TPSA) is 75.5 Å². The van der Waals surface area contributed by atoms with Gasteiger partial charge in [0.2, 0.25) is 0 Å². The van der Waals surface area contributed by atoms with Crippen molar-refractivity contribution in [1.29, 1.82) is 0 Å². The van der Waals surface area contributed by atoms with Crippen LogP contribution in [-0.2, 0) is 11.3 Å². The smallest absolute Gasteiger partial charge is 0.163 e. The van der Waals surface area contributed by atoms with E-state index in [0.29, 0.717) is 18.1 Å². The predicted molar refractivity (Wildman–Crippen MR) is 117 cm³/mol. The van der Waals surface area contributed by atoms with E-state index in [0.717, 1.165) is 48.9 Å². The summed E-state index contributed by atoms with van der Waals surface area (Å²) in [6, 6.07) is 12.8. The van der Waals surface area contributed by atoms with E-state index in [2.05, 4.69) is 59.2 Å². The van der Waals surface area contributed by atoms with Crippen molar-refractivity contribution in [2.75, 3.05) is 30.8 Å². The van der Waals surface area contributed by atoms with E-state index in [1.165, 1.54) is 5.56 Å². The third-order valence-corrected chi connectivity index (χ3v) is 5.48. The number of nitrogens with one attached hydrogen (secondary N) is 3. The molecule has 7 heteroatoms. The zero-order valence-electron chi connectivity index (χ0n) is 17.4. The Labute approximate surface area is 171 Å². The fourth-order valence-corrected chi connectivity index (χ4v) is 3.74. The molecule has 1 fully saturated rings. The average molecular weight is 395 g/mol. The van der Waals surface area contributed by atoms with Crippen molar-refractivity contribution in [3.05, 3.63) is 53.7 Å². The summed E-state index contributed by atoms with van der Waals surface area (Å²) in [7, 11) is 1.77. The van der Waals surface area contributed by atoms with Crippen molar-refractivity contribution in [3.63, 3.8) is 0 Å². The van der Waals surface area contributed by atoms with Crippen molar-refractivity contribution >= 4 is 17.3 Å². The summed E-state index contributed by atoms with van der Waals surface area (Å²) in [5.74, 6) is 2.15. The molecule has 154 valence electrons. The van der Waals surface area contributed by atoms with Crippen LogP contribution in [0.25, 0.3) is 5.65 Å². The van der Waals surface area contributed by atoms with Gasteiger partial charge in [0.1, 0.15) is 11.6 Å². The van der Waals surface area contributed by atoms with E-state index in [4.69, 9.17) is 9.72 Å². The van der Waals surface area contributed by atoms with Crippen LogP contribution >= 0.6 is 0 Å². The lowest BCUT2D eigenvalue weighted by molar-refractivity contribution is 0.117. The number of hydrogen-bond acceptors (Lipinski definition) is 6. The van der Waals surface area contributed by atoms with Crippen LogP contribution in [0, 0.1) is 0 Å². The maximum absolute atomic E-state index is 5.45. The van der Waals surface area contributed by atoms with Crippen LogP contribution < -0.4 is 16.0 Å². The SMILES string of the molecule is CO[C@H]1CN[C@H](CNc2cc(NCc3ccccc3)n3ncc(C(C)C)c3n2)C1. The number of rotatable bonds is 8. The number of fused-ring (bicyclic) bond motifs is 1. The summed E-state index contributed by atoms with van der Waals surface area (Å²) >= 11 is 0. The molecule has 3 N–H and O–H groups in total. The van der Waals surface area contributed by atoms with Gasteiger partial charge in [-0.3, -0.25) is 0 Å². The standard InChI is InChI=1S/C22H30N6O/c1-15(2)19-14-26-28-21(25-11-16-7-5-4-6-8-16)10-20(27-22(19)28)24-12-17-9-18(29-3)13-23-17/h4-8,10,14-15,17-18,23,25H,9,11-13H2,1-3H3,(H,24,27)/t17-,18+/m0/s1. The summed E-state index contributed by atoms with van der Waals surface area (Å²) in [6.45, 7) is 6.79. The molecular weight excluding hydrogens is 364 g/mol. The van der Waals surface area contributed by atoms with E-state index >= 15 is 0 Å². The molecule has 0 saturated carbocycles. The molecule has 1 aromatic carbocycles. The molecule has 1 aliphatic heterocycles. The van der Waals surface area contributed by atoms with Gasteiger partial charge in [0, 0.05) is 44.4 Å². The maximum atomic E-state index is 5.45. The Balaban J connectivity index is 1.55. The zero-order valence-corrected chi connectivity index (χ0v) is 17.4. The first kappa shape index (κ1) is 19.7. The third-order valence-electron chi connectivity index (χ3n) is 5.48. The molecule has 0 aliphatic carbocycles. The van der Waals surface area contributed by atoms with Crippen LogP contribution in [0.5, 0.6) is 0 Å². The molecule has 0 unspecified atom stereocenters. The summed E-state index contributed by atoms with van der Waals surface area (Å²) in [5.41, 5.74) is 3.27. The second-order valence-electron chi connectivity index (χ2n) is 7.94. The van der Waals surface area contributed by atoms with Crippen molar-refractivity contribution < 1.29 is 4.74 Å². The van der Waals surface area contributed by atoms with Crippen LogP contribution in [0.1, 0.15) is 37.3 Å². The van der Waals surface area contributed by atoms with E-state index in [-0.39, 0.29) is 0 Å². The highest BCUT2D eigenvalue weighted by Crippen LogP contribution is 2.24. The first-order valence-corrected chi connectivity index (χ1v) is 10.3. The zero-order chi connectivity index (χ0) is 20.2. The van der Waals surface area contributed by atoms with Gasteiger partial charge >= 0.3 is 0 Å². The molecular formula is C22H30N6O. The van der Waals surface area contributed by atoms with Crippen molar-refractivity contribution in [1.82, 2.24) is 19.9 Å². The first-order chi connectivity index (χ1) is 14.1. The fraction of sp³-hybridized carbons (Fsp3) is 0.455. The van der Waals surface area contributed by atoms with Crippen LogP contribution in [0.2, 0.25) is 0 Å². The molecule has 2 atom stereocenters. The molecule has 7 nitrogen and oxygen atoms in total. The van der Waals surface area contributed by atoms with Crippen LogP contribution in [0.3, 0.4) is 0 Å². The molecule has 0 radical (unpaired) electrons. The lowest BCUT2D eigenvalue weighted by Gasteiger charge is -2.15. The molecule has 3 aromatic rings. The quantitative estimate of drug-likeness (QED) is 0.545. The minimum atomic E-state index is 0.294. The second-order valence-corrected chi connectivity index (χ2v) is 7.94. The monoisotopic (exact) mass is 394 g/mol. The van der Waals surface area contributed by atoms with E-state index in [1.54, 1.807) is 7.11 Å². The molecule has 29 heavy (non-hydrogen) atoms.